The van der Waals surface area contributed by atoms with E-state index in [1.165, 1.54) is 4.70 Å². The van der Waals surface area contributed by atoms with Crippen LogP contribution >= 0.6 is 11.3 Å². The van der Waals surface area contributed by atoms with Crippen LogP contribution in [0, 0.1) is 0 Å². The van der Waals surface area contributed by atoms with Crippen molar-refractivity contribution in [3.05, 3.63) is 42.4 Å². The van der Waals surface area contributed by atoms with E-state index in [1.54, 1.807) is 23.7 Å². The summed E-state index contributed by atoms with van der Waals surface area (Å²) in [6.07, 6.45) is 7.92. The Bertz CT molecular complexity index is 914. The van der Waals surface area contributed by atoms with Gasteiger partial charge in [-0.25, -0.2) is 9.97 Å². The molecule has 1 aliphatic heterocycles. The Morgan fingerprint density at radius 1 is 1.11 bits per heavy atom. The fourth-order valence-corrected chi connectivity index (χ4v) is 4.98. The molecule has 2 aliphatic rings. The van der Waals surface area contributed by atoms with Crippen LogP contribution < -0.4 is 10.1 Å². The summed E-state index contributed by atoms with van der Waals surface area (Å²) in [5.74, 6) is 1.19. The standard InChI is InChI=1S/C21H25N5OS/c1-26-10-6-14(7-11-26)19-20(23-9-8-22-19)27-16-12-15(13-16)24-21-25-17-4-2-3-5-18(17)28-21/h2-5,8-9,14-16H,6-7,10-13H2,1H3,(H,24,25)/t15-,16-. The number of para-hydroxylation sites is 1. The van der Waals surface area contributed by atoms with Crippen LogP contribution in [-0.4, -0.2) is 52.1 Å². The van der Waals surface area contributed by atoms with Crippen molar-refractivity contribution < 1.29 is 4.74 Å². The lowest BCUT2D eigenvalue weighted by Crippen LogP contribution is -2.43. The minimum absolute atomic E-state index is 0.202. The number of rotatable bonds is 5. The molecule has 0 amide bonds. The molecule has 146 valence electrons. The van der Waals surface area contributed by atoms with E-state index >= 15 is 0 Å². The number of thiazole rings is 1. The number of nitrogens with zero attached hydrogens (tertiary/aromatic N) is 4. The van der Waals surface area contributed by atoms with Crippen molar-refractivity contribution in [1.29, 1.82) is 0 Å². The largest absolute Gasteiger partial charge is 0.473 e. The Kier molecular flexibility index (Phi) is 4.86. The average molecular weight is 396 g/mol. The summed E-state index contributed by atoms with van der Waals surface area (Å²) in [6.45, 7) is 2.22. The van der Waals surface area contributed by atoms with Crippen LogP contribution in [0.5, 0.6) is 5.88 Å². The van der Waals surface area contributed by atoms with Gasteiger partial charge >= 0.3 is 0 Å². The van der Waals surface area contributed by atoms with Gasteiger partial charge in [-0.2, -0.15) is 0 Å². The van der Waals surface area contributed by atoms with Crippen molar-refractivity contribution in [3.8, 4) is 5.88 Å². The van der Waals surface area contributed by atoms with Gasteiger partial charge in [0.1, 0.15) is 11.8 Å². The molecular formula is C21H25N5OS. The molecule has 0 unspecified atom stereocenters. The first-order chi connectivity index (χ1) is 13.7. The molecule has 1 N–H and O–H groups in total. The van der Waals surface area contributed by atoms with Crippen LogP contribution in [0.15, 0.2) is 36.7 Å². The summed E-state index contributed by atoms with van der Waals surface area (Å²) in [7, 11) is 2.18. The topological polar surface area (TPSA) is 63.2 Å². The molecule has 2 fully saturated rings. The molecule has 3 aromatic rings. The van der Waals surface area contributed by atoms with Crippen molar-refractivity contribution in [2.24, 2.45) is 0 Å². The lowest BCUT2D eigenvalue weighted by atomic mass is 9.89. The fraction of sp³-hybridized carbons (Fsp3) is 0.476. The number of hydrogen-bond acceptors (Lipinski definition) is 7. The van der Waals surface area contributed by atoms with Gasteiger partial charge in [0, 0.05) is 37.2 Å². The second-order valence-corrected chi connectivity index (χ2v) is 8.89. The lowest BCUT2D eigenvalue weighted by Gasteiger charge is -2.36. The van der Waals surface area contributed by atoms with E-state index in [4.69, 9.17) is 4.74 Å². The highest BCUT2D eigenvalue weighted by Gasteiger charge is 2.33. The summed E-state index contributed by atoms with van der Waals surface area (Å²) < 4.78 is 7.47. The lowest BCUT2D eigenvalue weighted by molar-refractivity contribution is 0.0992. The van der Waals surface area contributed by atoms with Crippen LogP contribution in [-0.2, 0) is 0 Å². The SMILES string of the molecule is CN1CCC(c2nccnc2O[C@H]2C[C@H](Nc3nc4ccccc4s3)C2)CC1. The Morgan fingerprint density at radius 2 is 1.89 bits per heavy atom. The molecule has 0 radical (unpaired) electrons. The number of hydrogen-bond donors (Lipinski definition) is 1. The summed E-state index contributed by atoms with van der Waals surface area (Å²) in [4.78, 5) is 16.2. The van der Waals surface area contributed by atoms with Gasteiger partial charge in [0.05, 0.1) is 10.2 Å². The quantitative estimate of drug-likeness (QED) is 0.707. The van der Waals surface area contributed by atoms with Gasteiger partial charge in [0.25, 0.3) is 0 Å². The number of piperidine rings is 1. The van der Waals surface area contributed by atoms with Gasteiger partial charge in [0.2, 0.25) is 5.88 Å². The zero-order chi connectivity index (χ0) is 18.9. The van der Waals surface area contributed by atoms with Crippen molar-refractivity contribution >= 4 is 26.7 Å². The Labute approximate surface area is 169 Å². The van der Waals surface area contributed by atoms with Crippen molar-refractivity contribution in [2.75, 3.05) is 25.5 Å². The first-order valence-corrected chi connectivity index (χ1v) is 10.8. The Morgan fingerprint density at radius 3 is 2.71 bits per heavy atom. The van der Waals surface area contributed by atoms with Gasteiger partial charge in [-0.3, -0.25) is 4.98 Å². The van der Waals surface area contributed by atoms with Gasteiger partial charge in [0.15, 0.2) is 5.13 Å². The highest BCUT2D eigenvalue weighted by atomic mass is 32.1. The minimum Gasteiger partial charge on any atom is -0.473 e. The summed E-state index contributed by atoms with van der Waals surface area (Å²) in [5.41, 5.74) is 2.10. The van der Waals surface area contributed by atoms with E-state index in [1.807, 2.05) is 6.07 Å². The number of likely N-dealkylation sites (tertiary alicyclic amines) is 1. The third-order valence-electron chi connectivity index (χ3n) is 5.79. The molecular weight excluding hydrogens is 370 g/mol. The maximum Gasteiger partial charge on any atom is 0.236 e. The first kappa shape index (κ1) is 17.8. The normalized spacial score (nSPS) is 23.5. The highest BCUT2D eigenvalue weighted by molar-refractivity contribution is 7.22. The molecule has 28 heavy (non-hydrogen) atoms. The molecule has 0 atom stereocenters. The van der Waals surface area contributed by atoms with Crippen LogP contribution in [0.25, 0.3) is 10.2 Å². The predicted molar refractivity (Wildman–Crippen MR) is 112 cm³/mol. The van der Waals surface area contributed by atoms with Gasteiger partial charge < -0.3 is 15.0 Å². The van der Waals surface area contributed by atoms with E-state index in [0.717, 1.165) is 61.0 Å². The number of nitrogens with one attached hydrogen (secondary N) is 1. The predicted octanol–water partition coefficient (Wildman–Crippen LogP) is 3.92. The van der Waals surface area contributed by atoms with Gasteiger partial charge in [-0.1, -0.05) is 23.5 Å². The number of ether oxygens (including phenoxy) is 1. The van der Waals surface area contributed by atoms with E-state index in [-0.39, 0.29) is 6.10 Å². The Hall–Kier alpha value is -2.25. The van der Waals surface area contributed by atoms with Gasteiger partial charge in [-0.05, 0) is 45.1 Å². The zero-order valence-corrected chi connectivity index (χ0v) is 16.9. The van der Waals surface area contributed by atoms with E-state index in [9.17, 15) is 0 Å². The van der Waals surface area contributed by atoms with Crippen LogP contribution in [0.3, 0.4) is 0 Å². The van der Waals surface area contributed by atoms with Crippen LogP contribution in [0.2, 0.25) is 0 Å². The number of fused-ring (bicyclic) bond motifs is 1. The second kappa shape index (κ2) is 7.64. The van der Waals surface area contributed by atoms with E-state index in [2.05, 4.69) is 50.4 Å². The molecule has 2 aromatic heterocycles. The zero-order valence-electron chi connectivity index (χ0n) is 16.0. The maximum absolute atomic E-state index is 6.24. The second-order valence-electron chi connectivity index (χ2n) is 7.86. The smallest absolute Gasteiger partial charge is 0.236 e. The van der Waals surface area contributed by atoms with Crippen molar-refractivity contribution in [3.63, 3.8) is 0 Å². The first-order valence-electron chi connectivity index (χ1n) is 10.0. The molecule has 1 aromatic carbocycles. The molecule has 0 bridgehead atoms. The van der Waals surface area contributed by atoms with Crippen molar-refractivity contribution in [1.82, 2.24) is 19.9 Å². The number of benzene rings is 1. The molecule has 3 heterocycles. The number of anilines is 1. The van der Waals surface area contributed by atoms with Crippen LogP contribution in [0.4, 0.5) is 5.13 Å². The molecule has 7 heteroatoms. The minimum atomic E-state index is 0.202. The van der Waals surface area contributed by atoms with Crippen molar-refractivity contribution in [2.45, 2.75) is 43.7 Å². The molecule has 0 spiro atoms. The molecule has 1 saturated heterocycles. The van der Waals surface area contributed by atoms with E-state index in [0.29, 0.717) is 12.0 Å². The summed E-state index contributed by atoms with van der Waals surface area (Å²) >= 11 is 1.71. The third kappa shape index (κ3) is 3.69. The molecule has 5 rings (SSSR count). The fourth-order valence-electron chi connectivity index (χ4n) is 4.04. The maximum atomic E-state index is 6.24. The third-order valence-corrected chi connectivity index (χ3v) is 6.76. The van der Waals surface area contributed by atoms with E-state index < -0.39 is 0 Å². The van der Waals surface area contributed by atoms with Crippen LogP contribution in [0.1, 0.15) is 37.3 Å². The highest BCUT2D eigenvalue weighted by Crippen LogP contribution is 2.35. The van der Waals surface area contributed by atoms with Gasteiger partial charge in [-0.15, -0.1) is 0 Å². The molecule has 6 nitrogen and oxygen atoms in total. The number of aromatic nitrogens is 3. The monoisotopic (exact) mass is 395 g/mol. The molecule has 1 aliphatic carbocycles. The summed E-state index contributed by atoms with van der Waals surface area (Å²) in [5, 5.41) is 4.55. The Balaban J connectivity index is 1.18. The average Bonchev–Trinajstić information content (AvgIpc) is 3.10. The molecule has 1 saturated carbocycles. The summed E-state index contributed by atoms with van der Waals surface area (Å²) in [6, 6.07) is 8.67.